The van der Waals surface area contributed by atoms with E-state index in [9.17, 15) is 14.4 Å². The zero-order valence-corrected chi connectivity index (χ0v) is 28.4. The second-order valence-corrected chi connectivity index (χ2v) is 14.2. The number of nitrogens with zero attached hydrogens (tertiary/aromatic N) is 4. The highest BCUT2D eigenvalue weighted by molar-refractivity contribution is 9.10. The molecule has 4 aliphatic heterocycles. The van der Waals surface area contributed by atoms with Crippen LogP contribution in [0.2, 0.25) is 5.02 Å². The molecule has 0 radical (unpaired) electrons. The minimum Gasteiger partial charge on any atom is -0.341 e. The molecular formula is C34H44BrClN6O3. The molecule has 0 aliphatic carbocycles. The summed E-state index contributed by atoms with van der Waals surface area (Å²) < 4.78 is 0.783. The summed E-state index contributed by atoms with van der Waals surface area (Å²) in [6.07, 6.45) is 7.55. The quantitative estimate of drug-likeness (QED) is 0.386. The normalized spacial score (nSPS) is 20.9. The molecule has 3 saturated heterocycles. The molecule has 1 unspecified atom stereocenters. The number of likely N-dealkylation sites (tertiary alicyclic amines) is 3. The lowest BCUT2D eigenvalue weighted by molar-refractivity contribution is -0.134. The Bertz CT molecular complexity index is 1380. The molecular weight excluding hydrogens is 656 g/mol. The van der Waals surface area contributed by atoms with Crippen molar-refractivity contribution in [1.82, 2.24) is 24.9 Å². The van der Waals surface area contributed by atoms with Gasteiger partial charge in [0.1, 0.15) is 6.04 Å². The van der Waals surface area contributed by atoms with Crippen molar-refractivity contribution in [2.45, 2.75) is 83.0 Å². The van der Waals surface area contributed by atoms with Crippen molar-refractivity contribution in [3.05, 3.63) is 62.6 Å². The van der Waals surface area contributed by atoms with Crippen LogP contribution >= 0.6 is 27.5 Å². The molecule has 45 heavy (non-hydrogen) atoms. The number of para-hydroxylation sites is 1. The lowest BCUT2D eigenvalue weighted by Crippen LogP contribution is -2.57. The van der Waals surface area contributed by atoms with Crippen LogP contribution < -0.4 is 10.6 Å². The molecule has 4 heterocycles. The van der Waals surface area contributed by atoms with Gasteiger partial charge in [0.15, 0.2) is 0 Å². The van der Waals surface area contributed by atoms with Crippen LogP contribution in [0.4, 0.5) is 15.3 Å². The number of piperidine rings is 3. The summed E-state index contributed by atoms with van der Waals surface area (Å²) >= 11 is 9.95. The number of rotatable bonds is 6. The number of nitrogens with one attached hydrogen (secondary N) is 2. The Balaban J connectivity index is 1.09. The molecule has 2 aromatic carbocycles. The fourth-order valence-electron chi connectivity index (χ4n) is 7.44. The van der Waals surface area contributed by atoms with Crippen molar-refractivity contribution in [3.8, 4) is 0 Å². The first-order chi connectivity index (χ1) is 21.8. The maximum Gasteiger partial charge on any atom is 0.322 e. The Morgan fingerprint density at radius 2 is 1.62 bits per heavy atom. The number of hydrogen-bond donors (Lipinski definition) is 2. The third-order valence-corrected chi connectivity index (χ3v) is 11.4. The van der Waals surface area contributed by atoms with Gasteiger partial charge in [0.2, 0.25) is 5.91 Å². The van der Waals surface area contributed by atoms with Crippen LogP contribution in [-0.2, 0) is 17.8 Å². The van der Waals surface area contributed by atoms with E-state index in [1.165, 1.54) is 19.3 Å². The Labute approximate surface area is 279 Å². The van der Waals surface area contributed by atoms with E-state index in [4.69, 9.17) is 11.6 Å². The van der Waals surface area contributed by atoms with E-state index in [-0.39, 0.29) is 24.0 Å². The number of anilines is 1. The van der Waals surface area contributed by atoms with Crippen molar-refractivity contribution in [2.75, 3.05) is 44.6 Å². The van der Waals surface area contributed by atoms with Gasteiger partial charge in [-0.25, -0.2) is 9.59 Å². The van der Waals surface area contributed by atoms with E-state index in [1.807, 2.05) is 53.1 Å². The van der Waals surface area contributed by atoms with E-state index in [0.29, 0.717) is 63.1 Å². The zero-order chi connectivity index (χ0) is 31.5. The van der Waals surface area contributed by atoms with Crippen LogP contribution in [0.3, 0.4) is 0 Å². The smallest absolute Gasteiger partial charge is 0.322 e. The van der Waals surface area contributed by atoms with Gasteiger partial charge in [-0.1, -0.05) is 42.3 Å². The molecule has 0 saturated carbocycles. The van der Waals surface area contributed by atoms with Gasteiger partial charge < -0.3 is 30.2 Å². The van der Waals surface area contributed by atoms with Gasteiger partial charge in [0, 0.05) is 61.4 Å². The summed E-state index contributed by atoms with van der Waals surface area (Å²) in [5, 5.41) is 6.78. The van der Waals surface area contributed by atoms with Gasteiger partial charge in [-0.3, -0.25) is 4.79 Å². The second-order valence-electron chi connectivity index (χ2n) is 13.0. The summed E-state index contributed by atoms with van der Waals surface area (Å²) in [7, 11) is 0. The van der Waals surface area contributed by atoms with E-state index < -0.39 is 6.04 Å². The van der Waals surface area contributed by atoms with Crippen molar-refractivity contribution >= 4 is 51.2 Å². The Morgan fingerprint density at radius 1 is 0.956 bits per heavy atom. The number of benzene rings is 2. The summed E-state index contributed by atoms with van der Waals surface area (Å²) in [4.78, 5) is 48.8. The van der Waals surface area contributed by atoms with Gasteiger partial charge in [-0.15, -0.1) is 0 Å². The summed E-state index contributed by atoms with van der Waals surface area (Å²) in [5.41, 5.74) is 3.83. The molecule has 5 amide bonds. The van der Waals surface area contributed by atoms with E-state index >= 15 is 0 Å². The van der Waals surface area contributed by atoms with Gasteiger partial charge in [-0.2, -0.15) is 0 Å². The lowest BCUT2D eigenvalue weighted by atomic mass is 9.98. The van der Waals surface area contributed by atoms with Crippen molar-refractivity contribution < 1.29 is 14.4 Å². The molecule has 0 bridgehead atoms. The number of amides is 5. The number of aryl methyl sites for hydroxylation is 1. The maximum atomic E-state index is 14.0. The lowest BCUT2D eigenvalue weighted by Gasteiger charge is -2.42. The molecule has 1 atom stereocenters. The third kappa shape index (κ3) is 7.44. The average molecular weight is 700 g/mol. The fourth-order valence-corrected chi connectivity index (χ4v) is 8.16. The molecule has 242 valence electrons. The molecule has 0 spiro atoms. The minimum atomic E-state index is -0.682. The van der Waals surface area contributed by atoms with E-state index in [1.54, 1.807) is 4.90 Å². The summed E-state index contributed by atoms with van der Waals surface area (Å²) in [5.74, 6) is -0.0253. The number of carbonyl (C=O) groups excluding carboxylic acids is 3. The summed E-state index contributed by atoms with van der Waals surface area (Å²) in [6, 6.07) is 11.4. The Morgan fingerprint density at radius 3 is 2.33 bits per heavy atom. The monoisotopic (exact) mass is 698 g/mol. The third-order valence-electron chi connectivity index (χ3n) is 10.0. The molecule has 3 fully saturated rings. The van der Waals surface area contributed by atoms with E-state index in [0.717, 1.165) is 52.8 Å². The number of halogens is 2. The first kappa shape index (κ1) is 32.1. The first-order valence-corrected chi connectivity index (χ1v) is 17.6. The van der Waals surface area contributed by atoms with Crippen LogP contribution in [-0.4, -0.2) is 95.0 Å². The number of fused-ring (bicyclic) bond motifs is 1. The summed E-state index contributed by atoms with van der Waals surface area (Å²) in [6.45, 7) is 7.31. The maximum absolute atomic E-state index is 14.0. The van der Waals surface area contributed by atoms with Crippen molar-refractivity contribution in [2.24, 2.45) is 0 Å². The topological polar surface area (TPSA) is 88.2 Å². The molecule has 6 rings (SSSR count). The molecule has 9 nitrogen and oxygen atoms in total. The molecule has 4 aliphatic rings. The number of carbonyl (C=O) groups is 3. The Hall–Kier alpha value is -2.82. The minimum absolute atomic E-state index is 0.0253. The van der Waals surface area contributed by atoms with Crippen LogP contribution in [0.25, 0.3) is 0 Å². The van der Waals surface area contributed by atoms with Crippen molar-refractivity contribution in [1.29, 1.82) is 0 Å². The van der Waals surface area contributed by atoms with Crippen LogP contribution in [0, 0.1) is 6.92 Å². The highest BCUT2D eigenvalue weighted by Gasteiger charge is 2.35. The second kappa shape index (κ2) is 14.3. The highest BCUT2D eigenvalue weighted by atomic mass is 79.9. The van der Waals surface area contributed by atoms with E-state index in [2.05, 4.69) is 31.5 Å². The largest absolute Gasteiger partial charge is 0.341 e. The Kier molecular flexibility index (Phi) is 10.2. The zero-order valence-electron chi connectivity index (χ0n) is 26.1. The van der Waals surface area contributed by atoms with Gasteiger partial charge in [0.25, 0.3) is 0 Å². The predicted octanol–water partition coefficient (Wildman–Crippen LogP) is 6.02. The highest BCUT2D eigenvalue weighted by Crippen LogP contribution is 2.30. The predicted molar refractivity (Wildman–Crippen MR) is 181 cm³/mol. The molecule has 2 aromatic rings. The average Bonchev–Trinajstić information content (AvgIpc) is 3.06. The van der Waals surface area contributed by atoms with Gasteiger partial charge >= 0.3 is 12.1 Å². The van der Waals surface area contributed by atoms with Crippen molar-refractivity contribution in [3.63, 3.8) is 0 Å². The van der Waals surface area contributed by atoms with Crippen LogP contribution in [0.1, 0.15) is 61.6 Å². The molecule has 2 N–H and O–H groups in total. The van der Waals surface area contributed by atoms with Crippen LogP contribution in [0.15, 0.2) is 40.9 Å². The molecule has 0 aromatic heterocycles. The number of urea groups is 2. The SMILES string of the molecule is Cc1cc(CC(NC(=O)N2CCC(N3Cc4ccccc4NC3=O)CC2)C(=O)N2CCC(N3CCCCC3)CC2)cc(Br)c1Cl. The molecule has 11 heteroatoms. The van der Waals surface area contributed by atoms with Crippen LogP contribution in [0.5, 0.6) is 0 Å². The number of hydrogen-bond acceptors (Lipinski definition) is 4. The first-order valence-electron chi connectivity index (χ1n) is 16.4. The van der Waals surface area contributed by atoms with Gasteiger partial charge in [0.05, 0.1) is 5.02 Å². The fraction of sp³-hybridized carbons (Fsp3) is 0.559. The van der Waals surface area contributed by atoms with Gasteiger partial charge in [-0.05, 0) is 103 Å². The standard InChI is InChI=1S/C34H44BrClN6O3/c1-23-19-24(20-28(35)31(23)36)21-30(32(43)40-15-9-26(10-16-40)39-13-5-2-6-14-39)38-33(44)41-17-11-27(12-18-41)42-22-25-7-3-4-8-29(25)37-34(42)45/h3-4,7-8,19-20,26-27,30H,2,5-6,9-18,21-22H2,1H3,(H,37,45)(H,38,44).